The molecule has 0 unspecified atom stereocenters. The lowest BCUT2D eigenvalue weighted by Gasteiger charge is -2.33. The van der Waals surface area contributed by atoms with Crippen molar-refractivity contribution in [2.24, 2.45) is 5.41 Å². The maximum atomic E-state index is 11.8. The van der Waals surface area contributed by atoms with Crippen molar-refractivity contribution in [3.63, 3.8) is 0 Å². The van der Waals surface area contributed by atoms with E-state index in [0.29, 0.717) is 31.7 Å². The van der Waals surface area contributed by atoms with Gasteiger partial charge < -0.3 is 15.2 Å². The average Bonchev–Trinajstić information content (AvgIpc) is 2.47. The molecular weight excluding hydrogens is 260 g/mol. The topological polar surface area (TPSA) is 88.5 Å². The second-order valence-corrected chi connectivity index (χ2v) is 4.97. The van der Waals surface area contributed by atoms with Gasteiger partial charge in [0.2, 0.25) is 5.91 Å². The van der Waals surface area contributed by atoms with Gasteiger partial charge in [0, 0.05) is 31.6 Å². The zero-order valence-electron chi connectivity index (χ0n) is 11.2. The minimum absolute atomic E-state index is 0.136. The average molecular weight is 278 g/mol. The molecule has 0 radical (unpaired) electrons. The summed E-state index contributed by atoms with van der Waals surface area (Å²) in [5, 5.41) is 12.1. The first-order valence-corrected chi connectivity index (χ1v) is 6.60. The molecule has 0 atom stereocenters. The summed E-state index contributed by atoms with van der Waals surface area (Å²) < 4.78 is 5.19. The zero-order chi connectivity index (χ0) is 14.4. The highest BCUT2D eigenvalue weighted by Gasteiger charge is 2.40. The first kappa shape index (κ1) is 14.5. The van der Waals surface area contributed by atoms with Crippen LogP contribution < -0.4 is 5.32 Å². The Hall–Kier alpha value is -1.95. The molecule has 1 fully saturated rings. The predicted octanol–water partition coefficient (Wildman–Crippen LogP) is 0.622. The normalized spacial score (nSPS) is 17.4. The number of carbonyl (C=O) groups is 2. The van der Waals surface area contributed by atoms with Gasteiger partial charge in [-0.25, -0.2) is 0 Å². The summed E-state index contributed by atoms with van der Waals surface area (Å²) in [5.41, 5.74) is -0.237. The Morgan fingerprint density at radius 1 is 1.35 bits per heavy atom. The van der Waals surface area contributed by atoms with Gasteiger partial charge in [-0.3, -0.25) is 14.6 Å². The lowest BCUT2D eigenvalue weighted by molar-refractivity contribution is -0.154. The predicted molar refractivity (Wildman–Crippen MR) is 71.1 cm³/mol. The molecule has 1 aliphatic heterocycles. The van der Waals surface area contributed by atoms with Crippen LogP contribution >= 0.6 is 0 Å². The van der Waals surface area contributed by atoms with Crippen LogP contribution in [-0.4, -0.2) is 41.7 Å². The lowest BCUT2D eigenvalue weighted by atomic mass is 9.80. The highest BCUT2D eigenvalue weighted by Crippen LogP contribution is 2.30. The van der Waals surface area contributed by atoms with Crippen molar-refractivity contribution in [2.75, 3.05) is 19.8 Å². The quantitative estimate of drug-likeness (QED) is 0.824. The highest BCUT2D eigenvalue weighted by molar-refractivity contribution is 5.80. The molecule has 1 amide bonds. The fourth-order valence-electron chi connectivity index (χ4n) is 2.23. The molecule has 0 saturated carbocycles. The number of hydrogen-bond acceptors (Lipinski definition) is 4. The molecule has 1 aromatic rings. The number of amides is 1. The molecule has 1 aliphatic rings. The van der Waals surface area contributed by atoms with E-state index in [1.54, 1.807) is 18.3 Å². The lowest BCUT2D eigenvalue weighted by Crippen LogP contribution is -2.46. The Kier molecular flexibility index (Phi) is 4.68. The molecular formula is C14H18N2O4. The first-order chi connectivity index (χ1) is 9.62. The third-order valence-electron chi connectivity index (χ3n) is 3.60. The molecule has 0 aliphatic carbocycles. The Morgan fingerprint density at radius 3 is 2.70 bits per heavy atom. The number of aliphatic carboxylic acids is 1. The van der Waals surface area contributed by atoms with Crippen LogP contribution in [0.1, 0.15) is 18.5 Å². The van der Waals surface area contributed by atoms with Gasteiger partial charge in [0.15, 0.2) is 0 Å². The largest absolute Gasteiger partial charge is 0.481 e. The summed E-state index contributed by atoms with van der Waals surface area (Å²) in [7, 11) is 0. The SMILES string of the molecule is O=C(Cc1ccccn1)NCC1(C(=O)O)CCOCC1. The minimum Gasteiger partial charge on any atom is -0.481 e. The van der Waals surface area contributed by atoms with Gasteiger partial charge in [0.25, 0.3) is 0 Å². The van der Waals surface area contributed by atoms with Crippen molar-refractivity contribution in [1.29, 1.82) is 0 Å². The third-order valence-corrected chi connectivity index (χ3v) is 3.60. The van der Waals surface area contributed by atoms with Crippen LogP contribution in [-0.2, 0) is 20.7 Å². The molecule has 1 aromatic heterocycles. The first-order valence-electron chi connectivity index (χ1n) is 6.60. The number of aromatic nitrogens is 1. The van der Waals surface area contributed by atoms with Crippen molar-refractivity contribution < 1.29 is 19.4 Å². The highest BCUT2D eigenvalue weighted by atomic mass is 16.5. The van der Waals surface area contributed by atoms with Gasteiger partial charge in [-0.1, -0.05) is 6.07 Å². The number of hydrogen-bond donors (Lipinski definition) is 2. The van der Waals surface area contributed by atoms with Crippen molar-refractivity contribution >= 4 is 11.9 Å². The van der Waals surface area contributed by atoms with E-state index in [-0.39, 0.29) is 18.9 Å². The van der Waals surface area contributed by atoms with Crippen molar-refractivity contribution in [2.45, 2.75) is 19.3 Å². The number of rotatable bonds is 5. The van der Waals surface area contributed by atoms with E-state index in [9.17, 15) is 14.7 Å². The molecule has 20 heavy (non-hydrogen) atoms. The van der Waals surface area contributed by atoms with Crippen molar-refractivity contribution in [3.05, 3.63) is 30.1 Å². The number of nitrogens with zero attached hydrogens (tertiary/aromatic N) is 1. The third kappa shape index (κ3) is 3.54. The number of pyridine rings is 1. The van der Waals surface area contributed by atoms with Gasteiger partial charge in [0.05, 0.1) is 11.8 Å². The van der Waals surface area contributed by atoms with E-state index < -0.39 is 11.4 Å². The van der Waals surface area contributed by atoms with Crippen LogP contribution in [0.5, 0.6) is 0 Å². The summed E-state index contributed by atoms with van der Waals surface area (Å²) in [4.78, 5) is 27.3. The van der Waals surface area contributed by atoms with Crippen LogP contribution in [0.2, 0.25) is 0 Å². The van der Waals surface area contributed by atoms with Crippen LogP contribution in [0.15, 0.2) is 24.4 Å². The Balaban J connectivity index is 1.89. The molecule has 0 bridgehead atoms. The van der Waals surface area contributed by atoms with Crippen LogP contribution in [0, 0.1) is 5.41 Å². The number of carbonyl (C=O) groups excluding carboxylic acids is 1. The molecule has 2 N–H and O–H groups in total. The van der Waals surface area contributed by atoms with E-state index in [2.05, 4.69) is 10.3 Å². The monoisotopic (exact) mass is 278 g/mol. The summed E-state index contributed by atoms with van der Waals surface area (Å²) in [5.74, 6) is -1.09. The summed E-state index contributed by atoms with van der Waals surface area (Å²) >= 11 is 0. The molecule has 6 heteroatoms. The number of nitrogens with one attached hydrogen (secondary N) is 1. The second-order valence-electron chi connectivity index (χ2n) is 4.97. The molecule has 6 nitrogen and oxygen atoms in total. The second kappa shape index (κ2) is 6.47. The molecule has 0 aromatic carbocycles. The van der Waals surface area contributed by atoms with E-state index >= 15 is 0 Å². The molecule has 108 valence electrons. The molecule has 2 heterocycles. The number of ether oxygens (including phenoxy) is 1. The maximum absolute atomic E-state index is 11.8. The van der Waals surface area contributed by atoms with Crippen LogP contribution in [0.3, 0.4) is 0 Å². The Bertz CT molecular complexity index is 469. The van der Waals surface area contributed by atoms with Gasteiger partial charge in [-0.2, -0.15) is 0 Å². The molecule has 2 rings (SSSR count). The summed E-state index contributed by atoms with van der Waals surface area (Å²) in [6, 6.07) is 5.36. The fraction of sp³-hybridized carbons (Fsp3) is 0.500. The van der Waals surface area contributed by atoms with Gasteiger partial charge in [-0.05, 0) is 25.0 Å². The zero-order valence-corrected chi connectivity index (χ0v) is 11.2. The summed E-state index contributed by atoms with van der Waals surface area (Å²) in [6.45, 7) is 0.974. The maximum Gasteiger partial charge on any atom is 0.311 e. The van der Waals surface area contributed by atoms with Crippen molar-refractivity contribution in [3.8, 4) is 0 Å². The number of carboxylic acid groups (broad SMARTS) is 1. The van der Waals surface area contributed by atoms with E-state index in [1.165, 1.54) is 0 Å². The number of carboxylic acids is 1. The van der Waals surface area contributed by atoms with E-state index in [1.807, 2.05) is 6.07 Å². The fourth-order valence-corrected chi connectivity index (χ4v) is 2.23. The molecule has 1 saturated heterocycles. The standard InChI is InChI=1S/C14H18N2O4/c17-12(9-11-3-1-2-6-15-11)16-10-14(13(18)19)4-7-20-8-5-14/h1-3,6H,4-5,7-10H2,(H,16,17)(H,18,19). The summed E-state index contributed by atoms with van der Waals surface area (Å²) in [6.07, 6.45) is 2.63. The van der Waals surface area contributed by atoms with Gasteiger partial charge in [-0.15, -0.1) is 0 Å². The van der Waals surface area contributed by atoms with Gasteiger partial charge in [0.1, 0.15) is 0 Å². The van der Waals surface area contributed by atoms with E-state index in [0.717, 1.165) is 0 Å². The molecule has 0 spiro atoms. The Labute approximate surface area is 117 Å². The van der Waals surface area contributed by atoms with E-state index in [4.69, 9.17) is 4.74 Å². The van der Waals surface area contributed by atoms with Crippen molar-refractivity contribution in [1.82, 2.24) is 10.3 Å². The Morgan fingerprint density at radius 2 is 2.10 bits per heavy atom. The minimum atomic E-state index is -0.905. The van der Waals surface area contributed by atoms with Gasteiger partial charge >= 0.3 is 5.97 Å². The van der Waals surface area contributed by atoms with Crippen LogP contribution in [0.4, 0.5) is 0 Å². The smallest absolute Gasteiger partial charge is 0.311 e. The van der Waals surface area contributed by atoms with Crippen LogP contribution in [0.25, 0.3) is 0 Å².